The van der Waals surface area contributed by atoms with E-state index in [0.717, 1.165) is 18.4 Å². The maximum Gasteiger partial charge on any atom is 0.315 e. The molecule has 1 aromatic carbocycles. The van der Waals surface area contributed by atoms with Gasteiger partial charge in [0.2, 0.25) is 5.91 Å². The molecule has 1 fully saturated rings. The third kappa shape index (κ3) is 3.30. The summed E-state index contributed by atoms with van der Waals surface area (Å²) in [7, 11) is 0. The zero-order valence-corrected chi connectivity index (χ0v) is 10.7. The first kappa shape index (κ1) is 13.5. The van der Waals surface area contributed by atoms with E-state index in [4.69, 9.17) is 4.74 Å². The first-order valence-electron chi connectivity index (χ1n) is 6.28. The molecule has 0 radical (unpaired) electrons. The van der Waals surface area contributed by atoms with Gasteiger partial charge in [0.25, 0.3) is 0 Å². The number of benzene rings is 1. The Kier molecular flexibility index (Phi) is 3.83. The van der Waals surface area contributed by atoms with Crippen molar-refractivity contribution in [3.05, 3.63) is 35.6 Å². The topological polar surface area (TPSA) is 55.4 Å². The number of ether oxygens (including phenoxy) is 1. The number of nitrogens with one attached hydrogen (secondary N) is 1. The van der Waals surface area contributed by atoms with Gasteiger partial charge in [0.1, 0.15) is 12.2 Å². The monoisotopic (exact) mass is 265 g/mol. The average Bonchev–Trinajstić information content (AvgIpc) is 3.10. The number of hydrogen-bond donors (Lipinski definition) is 1. The lowest BCUT2D eigenvalue weighted by Crippen LogP contribution is -2.36. The summed E-state index contributed by atoms with van der Waals surface area (Å²) < 4.78 is 17.6. The molecule has 0 aliphatic heterocycles. The zero-order chi connectivity index (χ0) is 13.9. The normalized spacial score (nSPS) is 15.7. The van der Waals surface area contributed by atoms with Crippen LogP contribution in [0.4, 0.5) is 4.39 Å². The summed E-state index contributed by atoms with van der Waals surface area (Å²) in [4.78, 5) is 22.9. The number of hydrogen-bond acceptors (Lipinski definition) is 3. The van der Waals surface area contributed by atoms with Crippen LogP contribution in [0.15, 0.2) is 24.3 Å². The highest BCUT2D eigenvalue weighted by Gasteiger charge is 2.45. The van der Waals surface area contributed by atoms with Crippen LogP contribution >= 0.6 is 0 Å². The number of carbonyl (C=O) groups excluding carboxylic acids is 2. The minimum absolute atomic E-state index is 0.259. The van der Waals surface area contributed by atoms with Gasteiger partial charge in [-0.15, -0.1) is 0 Å². The van der Waals surface area contributed by atoms with Gasteiger partial charge in [-0.2, -0.15) is 0 Å². The molecule has 1 saturated carbocycles. The second kappa shape index (κ2) is 5.38. The maximum atomic E-state index is 12.9. The molecule has 102 valence electrons. The number of carbonyl (C=O) groups is 2. The SMILES string of the molecule is CCOC(=O)CC(=O)NC1(c2ccc(F)cc2)CC1. The molecule has 2 rings (SSSR count). The van der Waals surface area contributed by atoms with Crippen molar-refractivity contribution in [2.75, 3.05) is 6.61 Å². The van der Waals surface area contributed by atoms with Crippen LogP contribution in [0.5, 0.6) is 0 Å². The highest BCUT2D eigenvalue weighted by Crippen LogP contribution is 2.45. The fourth-order valence-corrected chi connectivity index (χ4v) is 2.03. The van der Waals surface area contributed by atoms with Gasteiger partial charge < -0.3 is 10.1 Å². The zero-order valence-electron chi connectivity index (χ0n) is 10.7. The molecule has 0 heterocycles. The van der Waals surface area contributed by atoms with Gasteiger partial charge in [-0.3, -0.25) is 9.59 Å². The van der Waals surface area contributed by atoms with Gasteiger partial charge >= 0.3 is 5.97 Å². The van der Waals surface area contributed by atoms with Crippen molar-refractivity contribution in [2.45, 2.75) is 31.7 Å². The Morgan fingerprint density at radius 3 is 2.47 bits per heavy atom. The Labute approximate surface area is 110 Å². The molecule has 5 heteroatoms. The van der Waals surface area contributed by atoms with Crippen LogP contribution in [0.3, 0.4) is 0 Å². The van der Waals surface area contributed by atoms with E-state index in [1.807, 2.05) is 0 Å². The van der Waals surface area contributed by atoms with E-state index < -0.39 is 11.5 Å². The van der Waals surface area contributed by atoms with Crippen LogP contribution in [-0.4, -0.2) is 18.5 Å². The maximum absolute atomic E-state index is 12.9. The summed E-state index contributed by atoms with van der Waals surface area (Å²) in [5, 5.41) is 2.83. The van der Waals surface area contributed by atoms with Gasteiger partial charge in [-0.25, -0.2) is 4.39 Å². The van der Waals surface area contributed by atoms with Crippen molar-refractivity contribution >= 4 is 11.9 Å². The van der Waals surface area contributed by atoms with Crippen LogP contribution in [-0.2, 0) is 19.9 Å². The van der Waals surface area contributed by atoms with Crippen molar-refractivity contribution in [3.63, 3.8) is 0 Å². The van der Waals surface area contributed by atoms with E-state index in [1.54, 1.807) is 19.1 Å². The van der Waals surface area contributed by atoms with Crippen molar-refractivity contribution in [1.29, 1.82) is 0 Å². The lowest BCUT2D eigenvalue weighted by Gasteiger charge is -2.17. The summed E-state index contributed by atoms with van der Waals surface area (Å²) in [6, 6.07) is 6.06. The summed E-state index contributed by atoms with van der Waals surface area (Å²) in [5.74, 6) is -1.20. The van der Waals surface area contributed by atoms with Crippen molar-refractivity contribution in [1.82, 2.24) is 5.32 Å². The predicted molar refractivity (Wildman–Crippen MR) is 66.7 cm³/mol. The smallest absolute Gasteiger partial charge is 0.315 e. The number of amides is 1. The third-order valence-corrected chi connectivity index (χ3v) is 3.14. The highest BCUT2D eigenvalue weighted by atomic mass is 19.1. The van der Waals surface area contributed by atoms with Crippen molar-refractivity contribution in [3.8, 4) is 0 Å². The Morgan fingerprint density at radius 2 is 1.95 bits per heavy atom. The molecule has 1 aliphatic rings. The molecule has 0 atom stereocenters. The van der Waals surface area contributed by atoms with E-state index in [0.29, 0.717) is 0 Å². The molecule has 0 spiro atoms. The molecule has 0 bridgehead atoms. The molecule has 0 saturated heterocycles. The third-order valence-electron chi connectivity index (χ3n) is 3.14. The van der Waals surface area contributed by atoms with E-state index in [2.05, 4.69) is 5.32 Å². The number of esters is 1. The quantitative estimate of drug-likeness (QED) is 0.653. The minimum Gasteiger partial charge on any atom is -0.466 e. The van der Waals surface area contributed by atoms with Crippen LogP contribution in [0, 0.1) is 5.82 Å². The Morgan fingerprint density at radius 1 is 1.32 bits per heavy atom. The largest absolute Gasteiger partial charge is 0.466 e. The molecule has 1 N–H and O–H groups in total. The van der Waals surface area contributed by atoms with E-state index in [9.17, 15) is 14.0 Å². The number of halogens is 1. The molecular weight excluding hydrogens is 249 g/mol. The molecule has 19 heavy (non-hydrogen) atoms. The minimum atomic E-state index is -0.532. The Hall–Kier alpha value is -1.91. The van der Waals surface area contributed by atoms with E-state index in [-0.39, 0.29) is 24.8 Å². The van der Waals surface area contributed by atoms with E-state index >= 15 is 0 Å². The lowest BCUT2D eigenvalue weighted by atomic mass is 10.0. The molecule has 4 nitrogen and oxygen atoms in total. The predicted octanol–water partition coefficient (Wildman–Crippen LogP) is 1.88. The lowest BCUT2D eigenvalue weighted by molar-refractivity contribution is -0.146. The second-order valence-corrected chi connectivity index (χ2v) is 4.62. The molecule has 1 amide bonds. The molecule has 1 aromatic rings. The summed E-state index contributed by atoms with van der Waals surface area (Å²) in [6.07, 6.45) is 1.32. The van der Waals surface area contributed by atoms with Crippen molar-refractivity contribution < 1.29 is 18.7 Å². The standard InChI is InChI=1S/C14H16FNO3/c1-2-19-13(18)9-12(17)16-14(7-8-14)10-3-5-11(15)6-4-10/h3-6H,2,7-9H2,1H3,(H,16,17). The van der Waals surface area contributed by atoms with E-state index in [1.165, 1.54) is 12.1 Å². The van der Waals surface area contributed by atoms with Gasteiger partial charge in [-0.05, 0) is 37.5 Å². The Bertz CT molecular complexity index is 480. The summed E-state index contributed by atoms with van der Waals surface area (Å²) in [6.45, 7) is 1.95. The average molecular weight is 265 g/mol. The summed E-state index contributed by atoms with van der Waals surface area (Å²) in [5.41, 5.74) is 0.434. The first-order chi connectivity index (χ1) is 9.05. The van der Waals surface area contributed by atoms with Crippen LogP contribution in [0.2, 0.25) is 0 Å². The molecule has 0 unspecified atom stereocenters. The van der Waals surface area contributed by atoms with Crippen LogP contribution in [0.1, 0.15) is 31.7 Å². The van der Waals surface area contributed by atoms with Gasteiger partial charge in [0.05, 0.1) is 12.1 Å². The van der Waals surface area contributed by atoms with Gasteiger partial charge in [0.15, 0.2) is 0 Å². The van der Waals surface area contributed by atoms with Gasteiger partial charge in [-0.1, -0.05) is 12.1 Å². The summed E-state index contributed by atoms with van der Waals surface area (Å²) >= 11 is 0. The first-order valence-corrected chi connectivity index (χ1v) is 6.28. The second-order valence-electron chi connectivity index (χ2n) is 4.62. The fraction of sp³-hybridized carbons (Fsp3) is 0.429. The van der Waals surface area contributed by atoms with Crippen molar-refractivity contribution in [2.24, 2.45) is 0 Å². The number of rotatable bonds is 5. The molecular formula is C14H16FNO3. The Balaban J connectivity index is 1.96. The molecule has 1 aliphatic carbocycles. The van der Waals surface area contributed by atoms with Crippen LogP contribution in [0.25, 0.3) is 0 Å². The fourth-order valence-electron chi connectivity index (χ4n) is 2.03. The van der Waals surface area contributed by atoms with Crippen LogP contribution < -0.4 is 5.32 Å². The highest BCUT2D eigenvalue weighted by molar-refractivity contribution is 5.94. The van der Waals surface area contributed by atoms with Gasteiger partial charge in [0, 0.05) is 0 Å². The molecule has 0 aromatic heterocycles.